The molecule has 0 radical (unpaired) electrons. The standard InChI is InChI=1S/C23H30Cl2N6O/c1-15(2)27-21-26-13-16-6-9-31(14-20(16)28-21)22(32)29-23(7-10-30(3)11-8-23)17-4-5-18(24)19(25)12-17/h4-5,12-13,15H,6-11,14H2,1-3H3,(H,29,32)(H,26,27,28). The van der Waals surface area contributed by atoms with Crippen LogP contribution in [-0.2, 0) is 18.5 Å². The van der Waals surface area contributed by atoms with E-state index in [1.54, 1.807) is 0 Å². The van der Waals surface area contributed by atoms with E-state index in [0.29, 0.717) is 29.1 Å². The van der Waals surface area contributed by atoms with Gasteiger partial charge in [-0.15, -0.1) is 0 Å². The molecule has 2 aliphatic rings. The maximum Gasteiger partial charge on any atom is 0.318 e. The Labute approximate surface area is 199 Å². The second-order valence-electron chi connectivity index (χ2n) is 9.08. The number of urea groups is 1. The SMILES string of the molecule is CC(C)Nc1ncc2c(n1)CN(C(=O)NC1(c3ccc(Cl)c(Cl)c3)CCN(C)CC1)CC2. The van der Waals surface area contributed by atoms with E-state index < -0.39 is 5.54 Å². The van der Waals surface area contributed by atoms with E-state index in [9.17, 15) is 4.79 Å². The van der Waals surface area contributed by atoms with Crippen LogP contribution in [0.2, 0.25) is 10.0 Å². The van der Waals surface area contributed by atoms with Gasteiger partial charge in [-0.25, -0.2) is 14.8 Å². The van der Waals surface area contributed by atoms with Crippen LogP contribution in [0, 0.1) is 0 Å². The highest BCUT2D eigenvalue weighted by atomic mass is 35.5. The van der Waals surface area contributed by atoms with Crippen LogP contribution in [0.15, 0.2) is 24.4 Å². The number of likely N-dealkylation sites (tertiary alicyclic amines) is 1. The van der Waals surface area contributed by atoms with Crippen LogP contribution in [-0.4, -0.2) is 58.5 Å². The average molecular weight is 477 g/mol. The Morgan fingerprint density at radius 2 is 1.91 bits per heavy atom. The summed E-state index contributed by atoms with van der Waals surface area (Å²) in [7, 11) is 2.10. The van der Waals surface area contributed by atoms with Gasteiger partial charge in [0.15, 0.2) is 0 Å². The Morgan fingerprint density at radius 1 is 1.16 bits per heavy atom. The van der Waals surface area contributed by atoms with Crippen LogP contribution < -0.4 is 10.6 Å². The molecule has 32 heavy (non-hydrogen) atoms. The zero-order valence-corrected chi connectivity index (χ0v) is 20.3. The lowest BCUT2D eigenvalue weighted by molar-refractivity contribution is 0.136. The molecule has 0 saturated carbocycles. The normalized spacial score (nSPS) is 18.4. The van der Waals surface area contributed by atoms with Gasteiger partial charge in [0.1, 0.15) is 0 Å². The van der Waals surface area contributed by atoms with E-state index in [-0.39, 0.29) is 12.1 Å². The number of halogens is 2. The molecule has 2 amide bonds. The second kappa shape index (κ2) is 9.41. The van der Waals surface area contributed by atoms with Crippen LogP contribution in [0.4, 0.5) is 10.7 Å². The van der Waals surface area contributed by atoms with E-state index in [4.69, 9.17) is 23.2 Å². The molecular formula is C23H30Cl2N6O. The van der Waals surface area contributed by atoms with Gasteiger partial charge in [-0.2, -0.15) is 0 Å². The van der Waals surface area contributed by atoms with Crippen molar-refractivity contribution in [2.75, 3.05) is 32.0 Å². The van der Waals surface area contributed by atoms with Gasteiger partial charge in [0, 0.05) is 31.9 Å². The number of nitrogens with zero attached hydrogens (tertiary/aromatic N) is 4. The predicted molar refractivity (Wildman–Crippen MR) is 128 cm³/mol. The Kier molecular flexibility index (Phi) is 6.79. The van der Waals surface area contributed by atoms with Crippen LogP contribution in [0.1, 0.15) is 43.5 Å². The van der Waals surface area contributed by atoms with Gasteiger partial charge in [-0.3, -0.25) is 0 Å². The van der Waals surface area contributed by atoms with Crippen LogP contribution in [0.25, 0.3) is 0 Å². The summed E-state index contributed by atoms with van der Waals surface area (Å²) >= 11 is 12.5. The number of fused-ring (bicyclic) bond motifs is 1. The summed E-state index contributed by atoms with van der Waals surface area (Å²) in [5.41, 5.74) is 2.52. The van der Waals surface area contributed by atoms with Crippen molar-refractivity contribution in [3.63, 3.8) is 0 Å². The molecule has 2 N–H and O–H groups in total. The molecule has 3 heterocycles. The Morgan fingerprint density at radius 3 is 2.59 bits per heavy atom. The van der Waals surface area contributed by atoms with E-state index >= 15 is 0 Å². The highest BCUT2D eigenvalue weighted by molar-refractivity contribution is 6.42. The highest BCUT2D eigenvalue weighted by Crippen LogP contribution is 2.36. The Balaban J connectivity index is 1.54. The third-order valence-electron chi connectivity index (χ3n) is 6.31. The van der Waals surface area contributed by atoms with Gasteiger partial charge in [0.25, 0.3) is 0 Å². The van der Waals surface area contributed by atoms with Crippen molar-refractivity contribution < 1.29 is 4.79 Å². The second-order valence-corrected chi connectivity index (χ2v) is 9.89. The number of nitrogens with one attached hydrogen (secondary N) is 2. The molecule has 0 bridgehead atoms. The van der Waals surface area contributed by atoms with Crippen LogP contribution in [0.5, 0.6) is 0 Å². The fraction of sp³-hybridized carbons (Fsp3) is 0.522. The van der Waals surface area contributed by atoms with Gasteiger partial charge in [0.05, 0.1) is 27.8 Å². The number of benzene rings is 1. The first-order valence-electron chi connectivity index (χ1n) is 11.1. The minimum Gasteiger partial charge on any atom is -0.352 e. The van der Waals surface area contributed by atoms with Gasteiger partial charge in [-0.1, -0.05) is 29.3 Å². The number of carbonyl (C=O) groups is 1. The van der Waals surface area contributed by atoms with Crippen molar-refractivity contribution in [3.05, 3.63) is 51.3 Å². The molecule has 9 heteroatoms. The van der Waals surface area contributed by atoms with Gasteiger partial charge >= 0.3 is 6.03 Å². The molecule has 0 spiro atoms. The topological polar surface area (TPSA) is 73.4 Å². The van der Waals surface area contributed by atoms with E-state index in [1.807, 2.05) is 43.1 Å². The molecule has 1 saturated heterocycles. The quantitative estimate of drug-likeness (QED) is 0.688. The molecule has 1 aromatic carbocycles. The fourth-order valence-corrected chi connectivity index (χ4v) is 4.67. The van der Waals surface area contributed by atoms with E-state index in [2.05, 4.69) is 32.5 Å². The smallest absolute Gasteiger partial charge is 0.318 e. The van der Waals surface area contributed by atoms with Gasteiger partial charge < -0.3 is 20.4 Å². The number of rotatable bonds is 4. The first-order chi connectivity index (χ1) is 15.3. The summed E-state index contributed by atoms with van der Waals surface area (Å²) in [6.45, 7) is 6.98. The highest BCUT2D eigenvalue weighted by Gasteiger charge is 2.38. The molecule has 4 rings (SSSR count). The van der Waals surface area contributed by atoms with Crippen molar-refractivity contribution in [1.29, 1.82) is 0 Å². The number of anilines is 1. The largest absolute Gasteiger partial charge is 0.352 e. The predicted octanol–water partition coefficient (Wildman–Crippen LogP) is 4.29. The van der Waals surface area contributed by atoms with E-state index in [0.717, 1.165) is 49.2 Å². The molecule has 2 aliphatic heterocycles. The minimum atomic E-state index is -0.478. The first kappa shape index (κ1) is 23.1. The maximum atomic E-state index is 13.4. The lowest BCUT2D eigenvalue weighted by Crippen LogP contribution is -2.56. The van der Waals surface area contributed by atoms with Crippen molar-refractivity contribution in [2.45, 2.75) is 51.2 Å². The number of hydrogen-bond donors (Lipinski definition) is 2. The van der Waals surface area contributed by atoms with Crippen LogP contribution in [0.3, 0.4) is 0 Å². The van der Waals surface area contributed by atoms with Crippen molar-refractivity contribution >= 4 is 35.2 Å². The maximum absolute atomic E-state index is 13.4. The average Bonchev–Trinajstić information content (AvgIpc) is 2.76. The molecular weight excluding hydrogens is 447 g/mol. The number of piperidine rings is 1. The summed E-state index contributed by atoms with van der Waals surface area (Å²) in [6, 6.07) is 5.83. The number of aromatic nitrogens is 2. The molecule has 0 atom stereocenters. The molecule has 2 aromatic rings. The summed E-state index contributed by atoms with van der Waals surface area (Å²) in [4.78, 5) is 26.6. The molecule has 0 aliphatic carbocycles. The Bertz CT molecular complexity index is 990. The number of amides is 2. The van der Waals surface area contributed by atoms with Crippen molar-refractivity contribution in [3.8, 4) is 0 Å². The monoisotopic (exact) mass is 476 g/mol. The number of carbonyl (C=O) groups excluding carboxylic acids is 1. The molecule has 1 aromatic heterocycles. The fourth-order valence-electron chi connectivity index (χ4n) is 4.37. The third kappa shape index (κ3) is 4.95. The summed E-state index contributed by atoms with van der Waals surface area (Å²) in [5, 5.41) is 7.62. The zero-order valence-electron chi connectivity index (χ0n) is 18.8. The third-order valence-corrected chi connectivity index (χ3v) is 7.05. The summed E-state index contributed by atoms with van der Waals surface area (Å²) in [5.74, 6) is 0.601. The molecule has 1 fully saturated rings. The van der Waals surface area contributed by atoms with Gasteiger partial charge in [0.2, 0.25) is 5.95 Å². The van der Waals surface area contributed by atoms with Gasteiger partial charge in [-0.05, 0) is 63.4 Å². The lowest BCUT2D eigenvalue weighted by atomic mass is 9.81. The zero-order chi connectivity index (χ0) is 22.9. The van der Waals surface area contributed by atoms with Crippen molar-refractivity contribution in [1.82, 2.24) is 25.1 Å². The molecule has 7 nitrogen and oxygen atoms in total. The molecule has 0 unspecified atom stereocenters. The summed E-state index contributed by atoms with van der Waals surface area (Å²) in [6.07, 6.45) is 4.23. The Hall–Kier alpha value is -2.09. The van der Waals surface area contributed by atoms with Crippen molar-refractivity contribution in [2.24, 2.45) is 0 Å². The summed E-state index contributed by atoms with van der Waals surface area (Å²) < 4.78 is 0. The van der Waals surface area contributed by atoms with Crippen LogP contribution >= 0.6 is 23.2 Å². The first-order valence-corrected chi connectivity index (χ1v) is 11.8. The lowest BCUT2D eigenvalue weighted by Gasteiger charge is -2.43. The van der Waals surface area contributed by atoms with E-state index in [1.165, 1.54) is 0 Å². The number of hydrogen-bond acceptors (Lipinski definition) is 5. The minimum absolute atomic E-state index is 0.0803. The molecule has 172 valence electrons.